The zero-order valence-corrected chi connectivity index (χ0v) is 19.5. The van der Waals surface area contributed by atoms with Crippen LogP contribution in [0.4, 0.5) is 5.69 Å². The van der Waals surface area contributed by atoms with Crippen LogP contribution in [0.2, 0.25) is 0 Å². The molecular weight excluding hydrogens is 472 g/mol. The third kappa shape index (κ3) is 5.37. The summed E-state index contributed by atoms with van der Waals surface area (Å²) in [6.07, 6.45) is 0.248. The average molecular weight is 499 g/mol. The van der Waals surface area contributed by atoms with Crippen molar-refractivity contribution >= 4 is 39.3 Å². The molecule has 168 valence electrons. The molecule has 0 aliphatic carbocycles. The number of nitrogens with zero attached hydrogens (tertiary/aromatic N) is 3. The van der Waals surface area contributed by atoms with Gasteiger partial charge in [0.15, 0.2) is 0 Å². The number of amides is 3. The SMILES string of the molecule is O=C(NCCN1CCN(C(=O)c2ccc(Br)cc2)CC1)C1CC(=O)N(c2ccccc2)C1. The topological polar surface area (TPSA) is 73.0 Å². The first-order valence-corrected chi connectivity index (χ1v) is 11.7. The van der Waals surface area contributed by atoms with Gasteiger partial charge in [0, 0.05) is 68.0 Å². The third-order valence-corrected chi connectivity index (χ3v) is 6.57. The van der Waals surface area contributed by atoms with Crippen molar-refractivity contribution in [3.8, 4) is 0 Å². The van der Waals surface area contributed by atoms with E-state index in [9.17, 15) is 14.4 Å². The van der Waals surface area contributed by atoms with Crippen molar-refractivity contribution in [2.24, 2.45) is 5.92 Å². The highest BCUT2D eigenvalue weighted by atomic mass is 79.9. The molecule has 2 fully saturated rings. The minimum Gasteiger partial charge on any atom is -0.355 e. The predicted octanol–water partition coefficient (Wildman–Crippen LogP) is 2.38. The van der Waals surface area contributed by atoms with Gasteiger partial charge in [-0.05, 0) is 36.4 Å². The monoisotopic (exact) mass is 498 g/mol. The molecule has 1 N–H and O–H groups in total. The zero-order valence-electron chi connectivity index (χ0n) is 17.9. The molecule has 7 nitrogen and oxygen atoms in total. The van der Waals surface area contributed by atoms with Crippen LogP contribution >= 0.6 is 15.9 Å². The van der Waals surface area contributed by atoms with Crippen LogP contribution in [0.5, 0.6) is 0 Å². The lowest BCUT2D eigenvalue weighted by Gasteiger charge is -2.34. The van der Waals surface area contributed by atoms with E-state index in [1.165, 1.54) is 0 Å². The normalized spacial score (nSPS) is 19.3. The smallest absolute Gasteiger partial charge is 0.253 e. The highest BCUT2D eigenvalue weighted by Gasteiger charge is 2.35. The van der Waals surface area contributed by atoms with E-state index in [1.54, 1.807) is 4.90 Å². The number of para-hydroxylation sites is 1. The van der Waals surface area contributed by atoms with Crippen molar-refractivity contribution in [3.05, 3.63) is 64.6 Å². The summed E-state index contributed by atoms with van der Waals surface area (Å²) >= 11 is 3.39. The summed E-state index contributed by atoms with van der Waals surface area (Å²) in [5, 5.41) is 2.99. The molecule has 2 aromatic carbocycles. The van der Waals surface area contributed by atoms with E-state index in [0.29, 0.717) is 31.7 Å². The summed E-state index contributed by atoms with van der Waals surface area (Å²) in [5.41, 5.74) is 1.54. The van der Waals surface area contributed by atoms with E-state index >= 15 is 0 Å². The molecule has 2 aromatic rings. The molecule has 8 heteroatoms. The van der Waals surface area contributed by atoms with E-state index in [4.69, 9.17) is 0 Å². The first-order chi connectivity index (χ1) is 15.5. The summed E-state index contributed by atoms with van der Waals surface area (Å²) < 4.78 is 0.954. The third-order valence-electron chi connectivity index (χ3n) is 6.04. The molecule has 2 aliphatic heterocycles. The van der Waals surface area contributed by atoms with Crippen molar-refractivity contribution < 1.29 is 14.4 Å². The number of hydrogen-bond acceptors (Lipinski definition) is 4. The highest BCUT2D eigenvalue weighted by Crippen LogP contribution is 2.24. The summed E-state index contributed by atoms with van der Waals surface area (Å²) in [6.45, 7) is 4.60. The van der Waals surface area contributed by atoms with E-state index in [0.717, 1.165) is 29.8 Å². The number of piperazine rings is 1. The minimum absolute atomic E-state index is 0.0112. The highest BCUT2D eigenvalue weighted by molar-refractivity contribution is 9.10. The fraction of sp³-hybridized carbons (Fsp3) is 0.375. The van der Waals surface area contributed by atoms with Gasteiger partial charge in [0.1, 0.15) is 0 Å². The fourth-order valence-electron chi connectivity index (χ4n) is 4.17. The molecule has 0 spiro atoms. The Hall–Kier alpha value is -2.71. The number of hydrogen-bond donors (Lipinski definition) is 1. The molecular formula is C24H27BrN4O3. The first-order valence-electron chi connectivity index (χ1n) is 10.9. The number of anilines is 1. The average Bonchev–Trinajstić information content (AvgIpc) is 3.22. The minimum atomic E-state index is -0.317. The molecule has 2 aliphatic rings. The van der Waals surface area contributed by atoms with Crippen molar-refractivity contribution in [1.29, 1.82) is 0 Å². The lowest BCUT2D eigenvalue weighted by molar-refractivity contribution is -0.126. The van der Waals surface area contributed by atoms with Gasteiger partial charge in [0.2, 0.25) is 11.8 Å². The van der Waals surface area contributed by atoms with Gasteiger partial charge in [-0.15, -0.1) is 0 Å². The van der Waals surface area contributed by atoms with Crippen LogP contribution in [-0.2, 0) is 9.59 Å². The standard InChI is InChI=1S/C24H27BrN4O3/c25-20-8-6-18(7-9-20)24(32)28-14-12-27(13-15-28)11-10-26-23(31)19-16-22(30)29(17-19)21-4-2-1-3-5-21/h1-9,19H,10-17H2,(H,26,31). The maximum Gasteiger partial charge on any atom is 0.253 e. The Morgan fingerprint density at radius 3 is 2.34 bits per heavy atom. The van der Waals surface area contributed by atoms with Gasteiger partial charge in [-0.2, -0.15) is 0 Å². The number of halogens is 1. The van der Waals surface area contributed by atoms with Gasteiger partial charge >= 0.3 is 0 Å². The molecule has 1 unspecified atom stereocenters. The Bertz CT molecular complexity index is 959. The molecule has 0 aromatic heterocycles. The van der Waals surface area contributed by atoms with Crippen LogP contribution in [0.25, 0.3) is 0 Å². The van der Waals surface area contributed by atoms with Gasteiger partial charge in [0.05, 0.1) is 5.92 Å². The maximum atomic E-state index is 12.6. The van der Waals surface area contributed by atoms with E-state index in [2.05, 4.69) is 26.1 Å². The fourth-order valence-corrected chi connectivity index (χ4v) is 4.44. The first kappa shape index (κ1) is 22.5. The predicted molar refractivity (Wildman–Crippen MR) is 126 cm³/mol. The molecule has 2 saturated heterocycles. The van der Waals surface area contributed by atoms with Gasteiger partial charge in [-0.1, -0.05) is 34.1 Å². The van der Waals surface area contributed by atoms with Crippen molar-refractivity contribution in [1.82, 2.24) is 15.1 Å². The quantitative estimate of drug-likeness (QED) is 0.663. The largest absolute Gasteiger partial charge is 0.355 e. The van der Waals surface area contributed by atoms with Gasteiger partial charge in [0.25, 0.3) is 5.91 Å². The van der Waals surface area contributed by atoms with Crippen LogP contribution in [0, 0.1) is 5.92 Å². The summed E-state index contributed by atoms with van der Waals surface area (Å²) in [6, 6.07) is 16.9. The Morgan fingerprint density at radius 1 is 0.969 bits per heavy atom. The second-order valence-electron chi connectivity index (χ2n) is 8.17. The molecule has 3 amide bonds. The number of nitrogens with one attached hydrogen (secondary N) is 1. The van der Waals surface area contributed by atoms with Gasteiger partial charge < -0.3 is 15.1 Å². The lowest BCUT2D eigenvalue weighted by atomic mass is 10.1. The number of benzene rings is 2. The summed E-state index contributed by atoms with van der Waals surface area (Å²) in [5.74, 6) is -0.342. The van der Waals surface area contributed by atoms with Crippen LogP contribution in [0.15, 0.2) is 59.1 Å². The second kappa shape index (κ2) is 10.3. The molecule has 2 heterocycles. The van der Waals surface area contributed by atoms with Crippen molar-refractivity contribution in [2.45, 2.75) is 6.42 Å². The summed E-state index contributed by atoms with van der Waals surface area (Å²) in [7, 11) is 0. The van der Waals surface area contributed by atoms with Crippen LogP contribution in [0.1, 0.15) is 16.8 Å². The van der Waals surface area contributed by atoms with E-state index in [-0.39, 0.29) is 30.1 Å². The van der Waals surface area contributed by atoms with Gasteiger partial charge in [-0.3, -0.25) is 19.3 Å². The number of carbonyl (C=O) groups excluding carboxylic acids is 3. The van der Waals surface area contributed by atoms with Crippen molar-refractivity contribution in [2.75, 3.05) is 50.7 Å². The van der Waals surface area contributed by atoms with Crippen LogP contribution < -0.4 is 10.2 Å². The molecule has 0 saturated carbocycles. The molecule has 1 atom stereocenters. The second-order valence-corrected chi connectivity index (χ2v) is 9.09. The number of carbonyl (C=O) groups is 3. The van der Waals surface area contributed by atoms with Crippen molar-refractivity contribution in [3.63, 3.8) is 0 Å². The Morgan fingerprint density at radius 2 is 1.66 bits per heavy atom. The Labute approximate surface area is 196 Å². The molecule has 0 bridgehead atoms. The van der Waals surface area contributed by atoms with E-state index < -0.39 is 0 Å². The van der Waals surface area contributed by atoms with Gasteiger partial charge in [-0.25, -0.2) is 0 Å². The maximum absolute atomic E-state index is 12.6. The Kier molecular flexibility index (Phi) is 7.22. The lowest BCUT2D eigenvalue weighted by Crippen LogP contribution is -2.50. The van der Waals surface area contributed by atoms with E-state index in [1.807, 2.05) is 59.5 Å². The van der Waals surface area contributed by atoms with Crippen LogP contribution in [-0.4, -0.2) is 73.3 Å². The Balaban J connectivity index is 1.18. The molecule has 4 rings (SSSR count). The molecule has 32 heavy (non-hydrogen) atoms. The number of rotatable bonds is 6. The molecule has 0 radical (unpaired) electrons. The zero-order chi connectivity index (χ0) is 22.5. The summed E-state index contributed by atoms with van der Waals surface area (Å²) in [4.78, 5) is 43.3. The van der Waals surface area contributed by atoms with Crippen LogP contribution in [0.3, 0.4) is 0 Å².